The molecule has 2 heteroatoms. The minimum Gasteiger partial charge on any atom is -0.453 e. The normalized spacial score (nSPS) is 12.9. The molecule has 0 N–H and O–H groups in total. The summed E-state index contributed by atoms with van der Waals surface area (Å²) in [5.74, 6) is 0.412. The average Bonchev–Trinajstić information content (AvgIpc) is 2.68. The maximum atomic E-state index is 11.6. The van der Waals surface area contributed by atoms with Crippen LogP contribution in [0.25, 0.3) is 11.0 Å². The summed E-state index contributed by atoms with van der Waals surface area (Å²) in [6.45, 7) is 14.7. The van der Waals surface area contributed by atoms with Crippen molar-refractivity contribution in [3.05, 3.63) is 35.1 Å². The van der Waals surface area contributed by atoms with Crippen LogP contribution in [0.15, 0.2) is 22.6 Å². The second-order valence-corrected chi connectivity index (χ2v) is 7.61. The molecule has 0 spiro atoms. The molecule has 0 atom stereocenters. The first-order chi connectivity index (χ1) is 9.00. The number of ketones is 1. The molecule has 108 valence electrons. The van der Waals surface area contributed by atoms with Crippen LogP contribution in [0.2, 0.25) is 0 Å². The van der Waals surface area contributed by atoms with Gasteiger partial charge in [0.15, 0.2) is 11.5 Å². The Labute approximate surface area is 121 Å². The molecule has 0 aliphatic carbocycles. The van der Waals surface area contributed by atoms with Crippen molar-refractivity contribution >= 4 is 16.8 Å². The van der Waals surface area contributed by atoms with E-state index in [0.29, 0.717) is 5.76 Å². The van der Waals surface area contributed by atoms with Crippen LogP contribution in [0.5, 0.6) is 0 Å². The molecule has 0 radical (unpaired) electrons. The summed E-state index contributed by atoms with van der Waals surface area (Å²) in [6.07, 6.45) is 0. The van der Waals surface area contributed by atoms with Crippen molar-refractivity contribution < 1.29 is 9.21 Å². The SMILES string of the molecule is CC(=O)c1cc2cc(C(C)(C)C)cc(C(C)(C)C)c2o1. The lowest BCUT2D eigenvalue weighted by atomic mass is 9.80. The number of hydrogen-bond donors (Lipinski definition) is 0. The minimum absolute atomic E-state index is 0.0224. The molecule has 2 nitrogen and oxygen atoms in total. The first-order valence-electron chi connectivity index (χ1n) is 7.09. The third-order valence-corrected chi connectivity index (χ3v) is 3.64. The zero-order chi connectivity index (χ0) is 15.3. The Hall–Kier alpha value is -1.57. The van der Waals surface area contributed by atoms with Gasteiger partial charge in [-0.25, -0.2) is 0 Å². The fourth-order valence-corrected chi connectivity index (χ4v) is 2.32. The van der Waals surface area contributed by atoms with E-state index in [4.69, 9.17) is 4.42 Å². The molecular weight excluding hydrogens is 248 g/mol. The molecular formula is C18H24O2. The zero-order valence-electron chi connectivity index (χ0n) is 13.5. The van der Waals surface area contributed by atoms with Crippen LogP contribution in [0.3, 0.4) is 0 Å². The smallest absolute Gasteiger partial charge is 0.194 e. The van der Waals surface area contributed by atoms with Gasteiger partial charge in [-0.1, -0.05) is 47.6 Å². The van der Waals surface area contributed by atoms with E-state index in [9.17, 15) is 4.79 Å². The summed E-state index contributed by atoms with van der Waals surface area (Å²) in [5, 5.41) is 1.02. The third kappa shape index (κ3) is 2.65. The van der Waals surface area contributed by atoms with Crippen LogP contribution >= 0.6 is 0 Å². The van der Waals surface area contributed by atoms with Crippen LogP contribution < -0.4 is 0 Å². The predicted octanol–water partition coefficient (Wildman–Crippen LogP) is 5.23. The number of hydrogen-bond acceptors (Lipinski definition) is 2. The number of fused-ring (bicyclic) bond motifs is 1. The summed E-state index contributed by atoms with van der Waals surface area (Å²) in [4.78, 5) is 11.6. The fourth-order valence-electron chi connectivity index (χ4n) is 2.32. The van der Waals surface area contributed by atoms with E-state index < -0.39 is 0 Å². The largest absolute Gasteiger partial charge is 0.453 e. The highest BCUT2D eigenvalue weighted by atomic mass is 16.3. The molecule has 0 saturated carbocycles. The second-order valence-electron chi connectivity index (χ2n) is 7.61. The minimum atomic E-state index is -0.0293. The highest BCUT2D eigenvalue weighted by Gasteiger charge is 2.24. The monoisotopic (exact) mass is 272 g/mol. The molecule has 20 heavy (non-hydrogen) atoms. The lowest BCUT2D eigenvalue weighted by Gasteiger charge is -2.25. The van der Waals surface area contributed by atoms with Gasteiger partial charge in [0.25, 0.3) is 0 Å². The average molecular weight is 272 g/mol. The third-order valence-electron chi connectivity index (χ3n) is 3.64. The van der Waals surface area contributed by atoms with Crippen LogP contribution in [0.1, 0.15) is 70.1 Å². The molecule has 2 aromatic rings. The molecule has 0 aliphatic rings. The molecule has 1 heterocycles. The molecule has 0 fully saturated rings. The van der Waals surface area contributed by atoms with Gasteiger partial charge in [-0.3, -0.25) is 4.79 Å². The summed E-state index contributed by atoms with van der Waals surface area (Å²) < 4.78 is 5.81. The zero-order valence-corrected chi connectivity index (χ0v) is 13.5. The van der Waals surface area contributed by atoms with Crippen molar-refractivity contribution in [3.8, 4) is 0 Å². The Morgan fingerprint density at radius 1 is 0.950 bits per heavy atom. The summed E-state index contributed by atoms with van der Waals surface area (Å²) in [7, 11) is 0. The molecule has 0 saturated heterocycles. The van der Waals surface area contributed by atoms with E-state index in [0.717, 1.165) is 16.5 Å². The van der Waals surface area contributed by atoms with Gasteiger partial charge >= 0.3 is 0 Å². The fraction of sp³-hybridized carbons (Fsp3) is 0.500. The number of rotatable bonds is 1. The van der Waals surface area contributed by atoms with Gasteiger partial charge in [0.1, 0.15) is 5.58 Å². The lowest BCUT2D eigenvalue weighted by Crippen LogP contribution is -2.16. The van der Waals surface area contributed by atoms with Gasteiger partial charge in [-0.2, -0.15) is 0 Å². The first-order valence-corrected chi connectivity index (χ1v) is 7.09. The molecule has 0 bridgehead atoms. The van der Waals surface area contributed by atoms with Gasteiger partial charge in [0.2, 0.25) is 0 Å². The number of benzene rings is 1. The summed E-state index contributed by atoms with van der Waals surface area (Å²) in [6, 6.07) is 6.22. The summed E-state index contributed by atoms with van der Waals surface area (Å²) >= 11 is 0. The molecule has 0 unspecified atom stereocenters. The van der Waals surface area contributed by atoms with Gasteiger partial charge in [-0.15, -0.1) is 0 Å². The van der Waals surface area contributed by atoms with E-state index in [-0.39, 0.29) is 16.6 Å². The molecule has 0 aliphatic heterocycles. The van der Waals surface area contributed by atoms with Crippen molar-refractivity contribution in [2.45, 2.75) is 59.3 Å². The Kier molecular flexibility index (Phi) is 3.32. The van der Waals surface area contributed by atoms with Crippen LogP contribution in [-0.2, 0) is 10.8 Å². The molecule has 1 aromatic heterocycles. The van der Waals surface area contributed by atoms with E-state index in [1.807, 2.05) is 6.07 Å². The first kappa shape index (κ1) is 14.8. The number of carbonyl (C=O) groups is 1. The Balaban J connectivity index is 2.82. The van der Waals surface area contributed by atoms with Crippen molar-refractivity contribution in [3.63, 3.8) is 0 Å². The molecule has 1 aromatic carbocycles. The maximum absolute atomic E-state index is 11.6. The summed E-state index contributed by atoms with van der Waals surface area (Å²) in [5.41, 5.74) is 3.32. The molecule has 0 amide bonds. The van der Waals surface area contributed by atoms with E-state index in [1.54, 1.807) is 6.92 Å². The highest BCUT2D eigenvalue weighted by molar-refractivity contribution is 5.97. The Bertz CT molecular complexity index is 661. The van der Waals surface area contributed by atoms with Crippen molar-refractivity contribution in [1.29, 1.82) is 0 Å². The van der Waals surface area contributed by atoms with Crippen LogP contribution in [-0.4, -0.2) is 5.78 Å². The second kappa shape index (κ2) is 4.47. The van der Waals surface area contributed by atoms with Crippen molar-refractivity contribution in [2.24, 2.45) is 0 Å². The van der Waals surface area contributed by atoms with E-state index in [2.05, 4.69) is 53.7 Å². The van der Waals surface area contributed by atoms with E-state index >= 15 is 0 Å². The quantitative estimate of drug-likeness (QED) is 0.665. The van der Waals surface area contributed by atoms with Gasteiger partial charge in [0, 0.05) is 17.9 Å². The van der Waals surface area contributed by atoms with E-state index in [1.165, 1.54) is 5.56 Å². The van der Waals surface area contributed by atoms with Crippen molar-refractivity contribution in [2.75, 3.05) is 0 Å². The van der Waals surface area contributed by atoms with Crippen molar-refractivity contribution in [1.82, 2.24) is 0 Å². The lowest BCUT2D eigenvalue weighted by molar-refractivity contribution is 0.0989. The van der Waals surface area contributed by atoms with Gasteiger partial charge in [0.05, 0.1) is 0 Å². The topological polar surface area (TPSA) is 30.2 Å². The highest BCUT2D eigenvalue weighted by Crippen LogP contribution is 2.36. The maximum Gasteiger partial charge on any atom is 0.194 e. The standard InChI is InChI=1S/C18H24O2/c1-11(19)15-9-12-8-13(17(2,3)4)10-14(16(12)20-15)18(5,6)7/h8-10H,1-7H3. The Morgan fingerprint density at radius 2 is 1.55 bits per heavy atom. The molecule has 2 rings (SSSR count). The van der Waals surface area contributed by atoms with Gasteiger partial charge < -0.3 is 4.42 Å². The number of carbonyl (C=O) groups excluding carboxylic acids is 1. The van der Waals surface area contributed by atoms with Gasteiger partial charge in [-0.05, 0) is 28.5 Å². The van der Waals surface area contributed by atoms with Crippen LogP contribution in [0, 0.1) is 0 Å². The van der Waals surface area contributed by atoms with Crippen LogP contribution in [0.4, 0.5) is 0 Å². The Morgan fingerprint density at radius 3 is 2.00 bits per heavy atom. The number of furan rings is 1. The number of Topliss-reactive ketones (excluding diaryl/α,β-unsaturated/α-hetero) is 1. The predicted molar refractivity (Wildman–Crippen MR) is 83.6 cm³/mol.